The standard InChI is InChI=1S/C14H20O4/c1-14(2,8-7-13(15)16)11-6-5-10(17-3)9-12(11)18-4/h5-6,9H,7-8H2,1-4H3,(H,15,16). The highest BCUT2D eigenvalue weighted by Gasteiger charge is 2.25. The van der Waals surface area contributed by atoms with Crippen LogP contribution >= 0.6 is 0 Å². The Hall–Kier alpha value is -1.71. The van der Waals surface area contributed by atoms with Gasteiger partial charge in [0.2, 0.25) is 0 Å². The SMILES string of the molecule is COc1ccc(C(C)(C)CCC(=O)O)c(OC)c1. The molecule has 0 radical (unpaired) electrons. The van der Waals surface area contributed by atoms with Gasteiger partial charge in [-0.2, -0.15) is 0 Å². The average molecular weight is 252 g/mol. The number of carbonyl (C=O) groups is 1. The molecule has 0 unspecified atom stereocenters. The number of ether oxygens (including phenoxy) is 2. The van der Waals surface area contributed by atoms with Crippen LogP contribution in [0.25, 0.3) is 0 Å². The number of aliphatic carboxylic acids is 1. The molecule has 0 aromatic heterocycles. The number of hydrogen-bond donors (Lipinski definition) is 1. The smallest absolute Gasteiger partial charge is 0.303 e. The van der Waals surface area contributed by atoms with Crippen molar-refractivity contribution in [2.45, 2.75) is 32.1 Å². The molecule has 0 heterocycles. The predicted octanol–water partition coefficient (Wildman–Crippen LogP) is 2.85. The number of hydrogen-bond acceptors (Lipinski definition) is 3. The Morgan fingerprint density at radius 3 is 2.44 bits per heavy atom. The van der Waals surface area contributed by atoms with Crippen molar-refractivity contribution in [1.29, 1.82) is 0 Å². The molecule has 0 aliphatic rings. The predicted molar refractivity (Wildman–Crippen MR) is 69.4 cm³/mol. The molecule has 1 aromatic rings. The average Bonchev–Trinajstić information content (AvgIpc) is 2.35. The number of carboxylic acid groups (broad SMARTS) is 1. The van der Waals surface area contributed by atoms with Crippen molar-refractivity contribution in [1.82, 2.24) is 0 Å². The largest absolute Gasteiger partial charge is 0.497 e. The Morgan fingerprint density at radius 2 is 1.94 bits per heavy atom. The van der Waals surface area contributed by atoms with Crippen molar-refractivity contribution < 1.29 is 19.4 Å². The summed E-state index contributed by atoms with van der Waals surface area (Å²) < 4.78 is 10.5. The van der Waals surface area contributed by atoms with Gasteiger partial charge in [-0.25, -0.2) is 0 Å². The third-order valence-electron chi connectivity index (χ3n) is 3.10. The topological polar surface area (TPSA) is 55.8 Å². The molecule has 0 spiro atoms. The van der Waals surface area contributed by atoms with Gasteiger partial charge in [0.05, 0.1) is 14.2 Å². The van der Waals surface area contributed by atoms with Crippen molar-refractivity contribution in [3.63, 3.8) is 0 Å². The highest BCUT2D eigenvalue weighted by Crippen LogP contribution is 2.37. The molecule has 18 heavy (non-hydrogen) atoms. The van der Waals surface area contributed by atoms with E-state index in [4.69, 9.17) is 14.6 Å². The molecule has 0 aliphatic carbocycles. The van der Waals surface area contributed by atoms with Crippen LogP contribution in [0.5, 0.6) is 11.5 Å². The molecule has 1 rings (SSSR count). The van der Waals surface area contributed by atoms with Crippen molar-refractivity contribution >= 4 is 5.97 Å². The second-order valence-electron chi connectivity index (χ2n) is 4.84. The first-order valence-electron chi connectivity index (χ1n) is 5.85. The minimum atomic E-state index is -0.782. The van der Waals surface area contributed by atoms with Gasteiger partial charge in [-0.1, -0.05) is 19.9 Å². The van der Waals surface area contributed by atoms with Gasteiger partial charge in [-0.05, 0) is 17.9 Å². The van der Waals surface area contributed by atoms with E-state index in [-0.39, 0.29) is 11.8 Å². The fourth-order valence-corrected chi connectivity index (χ4v) is 1.91. The Kier molecular flexibility index (Phi) is 4.59. The van der Waals surface area contributed by atoms with Crippen LogP contribution in [0.3, 0.4) is 0 Å². The van der Waals surface area contributed by atoms with Crippen molar-refractivity contribution in [3.8, 4) is 11.5 Å². The first-order chi connectivity index (χ1) is 8.40. The van der Waals surface area contributed by atoms with E-state index in [1.54, 1.807) is 14.2 Å². The van der Waals surface area contributed by atoms with Gasteiger partial charge in [-0.15, -0.1) is 0 Å². The lowest BCUT2D eigenvalue weighted by molar-refractivity contribution is -0.137. The van der Waals surface area contributed by atoms with E-state index in [1.807, 2.05) is 32.0 Å². The van der Waals surface area contributed by atoms with Crippen LogP contribution in [0.4, 0.5) is 0 Å². The van der Waals surface area contributed by atoms with E-state index in [9.17, 15) is 4.79 Å². The highest BCUT2D eigenvalue weighted by atomic mass is 16.5. The van der Waals surface area contributed by atoms with Crippen LogP contribution in [0.2, 0.25) is 0 Å². The second-order valence-corrected chi connectivity index (χ2v) is 4.84. The van der Waals surface area contributed by atoms with Gasteiger partial charge in [0.1, 0.15) is 11.5 Å². The lowest BCUT2D eigenvalue weighted by Gasteiger charge is -2.26. The lowest BCUT2D eigenvalue weighted by Crippen LogP contribution is -2.19. The zero-order chi connectivity index (χ0) is 13.8. The Bertz CT molecular complexity index is 424. The molecule has 100 valence electrons. The zero-order valence-electron chi connectivity index (χ0n) is 11.3. The lowest BCUT2D eigenvalue weighted by atomic mass is 9.80. The number of carboxylic acids is 1. The molecule has 0 saturated heterocycles. The summed E-state index contributed by atoms with van der Waals surface area (Å²) in [6.07, 6.45) is 0.702. The summed E-state index contributed by atoms with van der Waals surface area (Å²) in [7, 11) is 3.20. The molecule has 0 fully saturated rings. The van der Waals surface area contributed by atoms with E-state index in [1.165, 1.54) is 0 Å². The summed E-state index contributed by atoms with van der Waals surface area (Å²) in [5, 5.41) is 8.78. The normalized spacial score (nSPS) is 11.1. The summed E-state index contributed by atoms with van der Waals surface area (Å²) in [6, 6.07) is 5.61. The Morgan fingerprint density at radius 1 is 1.28 bits per heavy atom. The van der Waals surface area contributed by atoms with Crippen LogP contribution in [0, 0.1) is 0 Å². The minimum absolute atomic E-state index is 0.141. The molecule has 4 nitrogen and oxygen atoms in total. The van der Waals surface area contributed by atoms with Crippen molar-refractivity contribution in [2.75, 3.05) is 14.2 Å². The third-order valence-corrected chi connectivity index (χ3v) is 3.10. The monoisotopic (exact) mass is 252 g/mol. The van der Waals surface area contributed by atoms with Gasteiger partial charge >= 0.3 is 5.97 Å². The van der Waals surface area contributed by atoms with E-state index < -0.39 is 5.97 Å². The first kappa shape index (κ1) is 14.4. The van der Waals surface area contributed by atoms with E-state index in [2.05, 4.69) is 0 Å². The molecule has 0 saturated carbocycles. The molecule has 1 aromatic carbocycles. The van der Waals surface area contributed by atoms with Crippen molar-refractivity contribution in [2.24, 2.45) is 0 Å². The maximum Gasteiger partial charge on any atom is 0.303 e. The fourth-order valence-electron chi connectivity index (χ4n) is 1.91. The van der Waals surface area contributed by atoms with E-state index >= 15 is 0 Å². The number of benzene rings is 1. The molecule has 0 amide bonds. The van der Waals surface area contributed by atoms with Crippen LogP contribution in [0.15, 0.2) is 18.2 Å². The van der Waals surface area contributed by atoms with E-state index in [0.29, 0.717) is 6.42 Å². The molecule has 1 N–H and O–H groups in total. The molecular formula is C14H20O4. The maximum atomic E-state index is 10.7. The minimum Gasteiger partial charge on any atom is -0.497 e. The van der Waals surface area contributed by atoms with Gasteiger partial charge in [0.25, 0.3) is 0 Å². The zero-order valence-corrected chi connectivity index (χ0v) is 11.3. The molecule has 0 aliphatic heterocycles. The number of rotatable bonds is 6. The molecule has 0 bridgehead atoms. The summed E-state index contributed by atoms with van der Waals surface area (Å²) in [5.41, 5.74) is 0.739. The summed E-state index contributed by atoms with van der Waals surface area (Å²) in [5.74, 6) is 0.671. The molecule has 4 heteroatoms. The van der Waals surface area contributed by atoms with Crippen LogP contribution < -0.4 is 9.47 Å². The van der Waals surface area contributed by atoms with Crippen LogP contribution in [-0.4, -0.2) is 25.3 Å². The number of methoxy groups -OCH3 is 2. The summed E-state index contributed by atoms with van der Waals surface area (Å²) in [4.78, 5) is 10.7. The van der Waals surface area contributed by atoms with Crippen LogP contribution in [-0.2, 0) is 10.2 Å². The maximum absolute atomic E-state index is 10.7. The van der Waals surface area contributed by atoms with E-state index in [0.717, 1.165) is 17.1 Å². The third kappa shape index (κ3) is 3.39. The summed E-state index contributed by atoms with van der Waals surface area (Å²) in [6.45, 7) is 4.03. The fraction of sp³-hybridized carbons (Fsp3) is 0.500. The Labute approximate surface area is 108 Å². The Balaban J connectivity index is 3.02. The van der Waals surface area contributed by atoms with Gasteiger partial charge < -0.3 is 14.6 Å². The highest BCUT2D eigenvalue weighted by molar-refractivity contribution is 5.67. The van der Waals surface area contributed by atoms with Gasteiger partial charge in [-0.3, -0.25) is 4.79 Å². The van der Waals surface area contributed by atoms with Gasteiger partial charge in [0, 0.05) is 18.1 Å². The van der Waals surface area contributed by atoms with Gasteiger partial charge in [0.15, 0.2) is 0 Å². The summed E-state index contributed by atoms with van der Waals surface area (Å²) >= 11 is 0. The van der Waals surface area contributed by atoms with Crippen LogP contribution in [0.1, 0.15) is 32.3 Å². The first-order valence-corrected chi connectivity index (χ1v) is 5.85. The quantitative estimate of drug-likeness (QED) is 0.845. The molecule has 0 atom stereocenters. The second kappa shape index (κ2) is 5.76. The van der Waals surface area contributed by atoms with Crippen molar-refractivity contribution in [3.05, 3.63) is 23.8 Å². The molecular weight excluding hydrogens is 232 g/mol.